The summed E-state index contributed by atoms with van der Waals surface area (Å²) in [7, 11) is 0. The molecule has 0 saturated carbocycles. The van der Waals surface area contributed by atoms with Crippen LogP contribution in [-0.4, -0.2) is 23.1 Å². The number of hydrogen-bond acceptors (Lipinski definition) is 2. The minimum atomic E-state index is 0.430. The Bertz CT molecular complexity index is 750. The van der Waals surface area contributed by atoms with Crippen LogP contribution in [0.3, 0.4) is 0 Å². The molecule has 1 aliphatic heterocycles. The van der Waals surface area contributed by atoms with Gasteiger partial charge in [0.1, 0.15) is 5.75 Å². The molecule has 1 heterocycles. The Morgan fingerprint density at radius 3 is 2.91 bits per heavy atom. The zero-order valence-electron chi connectivity index (χ0n) is 14.1. The van der Waals surface area contributed by atoms with Crippen molar-refractivity contribution in [3.8, 4) is 16.9 Å². The molecule has 0 spiro atoms. The van der Waals surface area contributed by atoms with Crippen molar-refractivity contribution in [3.05, 3.63) is 52.6 Å². The smallest absolute Gasteiger partial charge is 0.123 e. The van der Waals surface area contributed by atoms with Gasteiger partial charge in [-0.15, -0.1) is 0 Å². The van der Waals surface area contributed by atoms with Crippen LogP contribution >= 0.6 is 0 Å². The minimum absolute atomic E-state index is 0.430. The van der Waals surface area contributed by atoms with Crippen molar-refractivity contribution in [1.82, 2.24) is 4.90 Å². The van der Waals surface area contributed by atoms with E-state index >= 15 is 0 Å². The Hall–Kier alpha value is -1.80. The maximum atomic E-state index is 10.5. The molecule has 2 aromatic carbocycles. The number of phenols is 1. The highest BCUT2D eigenvalue weighted by molar-refractivity contribution is 5.80. The van der Waals surface area contributed by atoms with Crippen LogP contribution in [0.25, 0.3) is 11.1 Å². The highest BCUT2D eigenvalue weighted by atomic mass is 16.3. The van der Waals surface area contributed by atoms with Gasteiger partial charge < -0.3 is 5.11 Å². The van der Waals surface area contributed by atoms with Crippen LogP contribution in [0, 0.1) is 6.92 Å². The van der Waals surface area contributed by atoms with Gasteiger partial charge in [0.15, 0.2) is 0 Å². The minimum Gasteiger partial charge on any atom is -0.507 e. The predicted molar refractivity (Wildman–Crippen MR) is 94.9 cm³/mol. The molecular weight excluding hydrogens is 282 g/mol. The largest absolute Gasteiger partial charge is 0.507 e. The fourth-order valence-electron chi connectivity index (χ4n) is 4.42. The van der Waals surface area contributed by atoms with Crippen molar-refractivity contribution < 1.29 is 5.11 Å². The number of rotatable bonds is 3. The maximum absolute atomic E-state index is 10.5. The molecule has 120 valence electrons. The van der Waals surface area contributed by atoms with Gasteiger partial charge in [-0.2, -0.15) is 0 Å². The molecule has 0 radical (unpaired) electrons. The molecule has 0 amide bonds. The van der Waals surface area contributed by atoms with Crippen LogP contribution in [-0.2, 0) is 12.8 Å². The standard InChI is InChI=1S/C21H25NO/c1-3-4-9-22-10-8-16-11-14(2)12-17-20(16)18(22)13-15-6-5-7-19(23)21(15)17/h5-7,11-12,18,23H,3-4,8-10,13H2,1-2H3/t18-/m1/s1. The third-order valence-electron chi connectivity index (χ3n) is 5.46. The highest BCUT2D eigenvalue weighted by Gasteiger charge is 2.35. The first-order valence-electron chi connectivity index (χ1n) is 8.87. The van der Waals surface area contributed by atoms with Gasteiger partial charge >= 0.3 is 0 Å². The van der Waals surface area contributed by atoms with Crippen molar-refractivity contribution in [3.63, 3.8) is 0 Å². The second-order valence-corrected chi connectivity index (χ2v) is 7.06. The molecule has 1 atom stereocenters. The molecule has 0 unspecified atom stereocenters. The van der Waals surface area contributed by atoms with E-state index in [-0.39, 0.29) is 0 Å². The zero-order valence-corrected chi connectivity index (χ0v) is 14.1. The Balaban J connectivity index is 1.89. The van der Waals surface area contributed by atoms with E-state index in [1.807, 2.05) is 12.1 Å². The van der Waals surface area contributed by atoms with Crippen LogP contribution in [0.15, 0.2) is 30.3 Å². The predicted octanol–water partition coefficient (Wildman–Crippen LogP) is 4.62. The van der Waals surface area contributed by atoms with Gasteiger partial charge in [0, 0.05) is 18.2 Å². The Labute approximate surface area is 138 Å². The van der Waals surface area contributed by atoms with Crippen LogP contribution in [0.2, 0.25) is 0 Å². The third kappa shape index (κ3) is 2.36. The molecule has 1 N–H and O–H groups in total. The van der Waals surface area contributed by atoms with Crippen LogP contribution in [0.4, 0.5) is 0 Å². The lowest BCUT2D eigenvalue weighted by Crippen LogP contribution is -2.39. The van der Waals surface area contributed by atoms with E-state index in [2.05, 4.69) is 36.9 Å². The Morgan fingerprint density at radius 1 is 1.22 bits per heavy atom. The van der Waals surface area contributed by atoms with E-state index in [0.717, 1.165) is 24.9 Å². The van der Waals surface area contributed by atoms with Crippen molar-refractivity contribution in [2.75, 3.05) is 13.1 Å². The van der Waals surface area contributed by atoms with Crippen molar-refractivity contribution >= 4 is 0 Å². The molecule has 2 nitrogen and oxygen atoms in total. The molecular formula is C21H25NO. The average molecular weight is 307 g/mol. The molecule has 0 bridgehead atoms. The molecule has 0 saturated heterocycles. The fourth-order valence-corrected chi connectivity index (χ4v) is 4.42. The van der Waals surface area contributed by atoms with Gasteiger partial charge in [0.05, 0.1) is 0 Å². The summed E-state index contributed by atoms with van der Waals surface area (Å²) in [6, 6.07) is 11.1. The molecule has 4 rings (SSSR count). The van der Waals surface area contributed by atoms with Gasteiger partial charge in [-0.25, -0.2) is 0 Å². The van der Waals surface area contributed by atoms with E-state index in [4.69, 9.17) is 0 Å². The van der Waals surface area contributed by atoms with Gasteiger partial charge in [-0.05, 0) is 61.1 Å². The van der Waals surface area contributed by atoms with Crippen LogP contribution in [0.5, 0.6) is 5.75 Å². The first-order chi connectivity index (χ1) is 11.2. The number of aryl methyl sites for hydroxylation is 1. The van der Waals surface area contributed by atoms with Gasteiger partial charge in [-0.3, -0.25) is 4.90 Å². The van der Waals surface area contributed by atoms with E-state index in [9.17, 15) is 5.11 Å². The number of fused-ring (bicyclic) bond motifs is 2. The first-order valence-corrected chi connectivity index (χ1v) is 8.87. The summed E-state index contributed by atoms with van der Waals surface area (Å²) in [5.74, 6) is 0.430. The molecule has 2 heteroatoms. The quantitative estimate of drug-likeness (QED) is 0.894. The Morgan fingerprint density at radius 2 is 2.09 bits per heavy atom. The Kier molecular flexibility index (Phi) is 3.65. The number of benzene rings is 2. The number of nitrogens with zero attached hydrogens (tertiary/aromatic N) is 1. The summed E-state index contributed by atoms with van der Waals surface area (Å²) in [6.07, 6.45) is 4.66. The van der Waals surface area contributed by atoms with Crippen LogP contribution < -0.4 is 0 Å². The van der Waals surface area contributed by atoms with E-state index in [0.29, 0.717) is 11.8 Å². The van der Waals surface area contributed by atoms with Crippen LogP contribution in [0.1, 0.15) is 48.1 Å². The highest BCUT2D eigenvalue weighted by Crippen LogP contribution is 2.48. The lowest BCUT2D eigenvalue weighted by molar-refractivity contribution is 0.180. The summed E-state index contributed by atoms with van der Waals surface area (Å²) in [4.78, 5) is 2.66. The summed E-state index contributed by atoms with van der Waals surface area (Å²) >= 11 is 0. The normalized spacial score (nSPS) is 19.3. The van der Waals surface area contributed by atoms with E-state index in [1.165, 1.54) is 47.2 Å². The monoisotopic (exact) mass is 307 g/mol. The zero-order chi connectivity index (χ0) is 16.0. The molecule has 2 aliphatic rings. The van der Waals surface area contributed by atoms with Crippen molar-refractivity contribution in [1.29, 1.82) is 0 Å². The molecule has 1 aliphatic carbocycles. The SMILES string of the molecule is CCCCN1CCc2cc(C)cc3c2[C@H]1Cc1cccc(O)c1-3. The fraction of sp³-hybridized carbons (Fsp3) is 0.429. The summed E-state index contributed by atoms with van der Waals surface area (Å²) < 4.78 is 0. The second kappa shape index (κ2) is 5.68. The van der Waals surface area contributed by atoms with Gasteiger partial charge in [-0.1, -0.05) is 43.2 Å². The first kappa shape index (κ1) is 14.8. The molecule has 0 fully saturated rings. The summed E-state index contributed by atoms with van der Waals surface area (Å²) in [5.41, 5.74) is 7.91. The van der Waals surface area contributed by atoms with Gasteiger partial charge in [0.2, 0.25) is 0 Å². The average Bonchev–Trinajstić information content (AvgIpc) is 2.53. The topological polar surface area (TPSA) is 23.5 Å². The van der Waals surface area contributed by atoms with Crippen molar-refractivity contribution in [2.45, 2.75) is 45.6 Å². The number of phenolic OH excluding ortho intramolecular Hbond substituents is 1. The number of hydrogen-bond donors (Lipinski definition) is 1. The lowest BCUT2D eigenvalue weighted by atomic mass is 9.76. The maximum Gasteiger partial charge on any atom is 0.123 e. The number of unbranched alkanes of at least 4 members (excludes halogenated alkanes) is 1. The van der Waals surface area contributed by atoms with E-state index in [1.54, 1.807) is 0 Å². The number of aromatic hydroxyl groups is 1. The molecule has 0 aromatic heterocycles. The van der Waals surface area contributed by atoms with Crippen molar-refractivity contribution in [2.24, 2.45) is 0 Å². The third-order valence-corrected chi connectivity index (χ3v) is 5.46. The van der Waals surface area contributed by atoms with E-state index < -0.39 is 0 Å². The molecule has 2 aromatic rings. The summed E-state index contributed by atoms with van der Waals surface area (Å²) in [6.45, 7) is 6.78. The van der Waals surface area contributed by atoms with Gasteiger partial charge in [0.25, 0.3) is 0 Å². The summed E-state index contributed by atoms with van der Waals surface area (Å²) in [5, 5.41) is 10.5. The second-order valence-electron chi connectivity index (χ2n) is 7.06. The lowest BCUT2D eigenvalue weighted by Gasteiger charge is -2.42. The molecule has 23 heavy (non-hydrogen) atoms.